The lowest BCUT2D eigenvalue weighted by Gasteiger charge is -2.10. The van der Waals surface area contributed by atoms with Crippen molar-refractivity contribution in [2.24, 2.45) is 0 Å². The Kier molecular flexibility index (Phi) is 3.09. The van der Waals surface area contributed by atoms with Crippen molar-refractivity contribution in [2.45, 2.75) is 26.9 Å². The number of carbonyl (C=O) groups excluding carboxylic acids is 2. The fourth-order valence-electron chi connectivity index (χ4n) is 5.19. The van der Waals surface area contributed by atoms with E-state index in [9.17, 15) is 9.59 Å². The Morgan fingerprint density at radius 2 is 1.10 bits per heavy atom. The smallest absolute Gasteiger partial charge is 0.259 e. The summed E-state index contributed by atoms with van der Waals surface area (Å²) >= 11 is 0. The minimum atomic E-state index is -0.302. The molecule has 29 heavy (non-hydrogen) atoms. The number of nitrogens with one attached hydrogen (secondary N) is 1. The van der Waals surface area contributed by atoms with Crippen molar-refractivity contribution in [3.8, 4) is 0 Å². The zero-order valence-electron chi connectivity index (χ0n) is 16.2. The summed E-state index contributed by atoms with van der Waals surface area (Å²) < 4.78 is 4.54. The molecule has 1 aliphatic rings. The number of carbonyl (C=O) groups is 2. The molecule has 1 aliphatic heterocycles. The van der Waals surface area contributed by atoms with Crippen LogP contribution in [0, 0.1) is 0 Å². The molecule has 0 aliphatic carbocycles. The van der Waals surface area contributed by atoms with Gasteiger partial charge >= 0.3 is 0 Å². The standard InChI is InChI=1S/C24H19N3O2/c1-3-26-15-11-7-5-9-13(15)17-19-20(24(29)25-23(19)28)18-14-10-6-8-12-16(14)27(4-2)22(18)21(17)26/h5-12H,3-4H2,1-2H3,(H,25,28,29). The Morgan fingerprint density at radius 3 is 1.52 bits per heavy atom. The predicted molar refractivity (Wildman–Crippen MR) is 116 cm³/mol. The molecule has 0 spiro atoms. The fraction of sp³-hybridized carbons (Fsp3) is 0.167. The summed E-state index contributed by atoms with van der Waals surface area (Å²) in [7, 11) is 0. The molecule has 3 aromatic carbocycles. The number of fused-ring (bicyclic) bond motifs is 10. The molecule has 2 aromatic heterocycles. The monoisotopic (exact) mass is 381 g/mol. The average molecular weight is 381 g/mol. The van der Waals surface area contributed by atoms with Gasteiger partial charge in [0.25, 0.3) is 11.8 Å². The maximum atomic E-state index is 12.9. The highest BCUT2D eigenvalue weighted by atomic mass is 16.2. The van der Waals surface area contributed by atoms with Gasteiger partial charge in [-0.05, 0) is 26.0 Å². The van der Waals surface area contributed by atoms with Gasteiger partial charge in [0.15, 0.2) is 0 Å². The Bertz CT molecular complexity index is 1420. The number of para-hydroxylation sites is 2. The molecule has 0 atom stereocenters. The van der Waals surface area contributed by atoms with Gasteiger partial charge in [-0.3, -0.25) is 14.9 Å². The van der Waals surface area contributed by atoms with Crippen LogP contribution in [-0.4, -0.2) is 20.9 Å². The van der Waals surface area contributed by atoms with Crippen LogP contribution in [0.25, 0.3) is 43.6 Å². The lowest BCUT2D eigenvalue weighted by molar-refractivity contribution is 0.0880. The van der Waals surface area contributed by atoms with Crippen molar-refractivity contribution >= 4 is 55.4 Å². The summed E-state index contributed by atoms with van der Waals surface area (Å²) in [5, 5.41) is 6.34. The second-order valence-electron chi connectivity index (χ2n) is 7.50. The van der Waals surface area contributed by atoms with Crippen molar-refractivity contribution in [2.75, 3.05) is 0 Å². The third-order valence-electron chi connectivity index (χ3n) is 6.23. The molecule has 0 radical (unpaired) electrons. The van der Waals surface area contributed by atoms with Crippen LogP contribution in [0.3, 0.4) is 0 Å². The number of hydrogen-bond donors (Lipinski definition) is 1. The normalized spacial score (nSPS) is 13.9. The molecule has 3 heterocycles. The first-order valence-corrected chi connectivity index (χ1v) is 10.0. The van der Waals surface area contributed by atoms with Gasteiger partial charge in [-0.1, -0.05) is 36.4 Å². The zero-order valence-corrected chi connectivity index (χ0v) is 16.2. The van der Waals surface area contributed by atoms with E-state index in [4.69, 9.17) is 0 Å². The van der Waals surface area contributed by atoms with Gasteiger partial charge in [-0.15, -0.1) is 0 Å². The van der Waals surface area contributed by atoms with E-state index < -0.39 is 0 Å². The molecule has 0 fully saturated rings. The van der Waals surface area contributed by atoms with Gasteiger partial charge in [0, 0.05) is 45.7 Å². The van der Waals surface area contributed by atoms with Crippen LogP contribution in [0.5, 0.6) is 0 Å². The van der Waals surface area contributed by atoms with E-state index in [1.165, 1.54) is 0 Å². The molecular weight excluding hydrogens is 362 g/mol. The van der Waals surface area contributed by atoms with Gasteiger partial charge < -0.3 is 9.13 Å². The van der Waals surface area contributed by atoms with Gasteiger partial charge in [0.05, 0.1) is 22.2 Å². The molecule has 0 bridgehead atoms. The van der Waals surface area contributed by atoms with Crippen LogP contribution in [0.4, 0.5) is 0 Å². The van der Waals surface area contributed by atoms with E-state index in [1.807, 2.05) is 36.4 Å². The maximum absolute atomic E-state index is 12.9. The summed E-state index contributed by atoms with van der Waals surface area (Å²) in [4.78, 5) is 25.9. The number of aryl methyl sites for hydroxylation is 2. The molecule has 0 saturated heterocycles. The summed E-state index contributed by atoms with van der Waals surface area (Å²) in [6, 6.07) is 16.3. The van der Waals surface area contributed by atoms with Crippen LogP contribution in [0.2, 0.25) is 0 Å². The first kappa shape index (κ1) is 16.4. The van der Waals surface area contributed by atoms with E-state index in [0.29, 0.717) is 11.1 Å². The Labute approximate surface area is 166 Å². The number of hydrogen-bond acceptors (Lipinski definition) is 2. The topological polar surface area (TPSA) is 56.0 Å². The first-order valence-electron chi connectivity index (χ1n) is 10.0. The highest BCUT2D eigenvalue weighted by molar-refractivity contribution is 6.39. The third-order valence-corrected chi connectivity index (χ3v) is 6.23. The highest BCUT2D eigenvalue weighted by Gasteiger charge is 2.36. The SMILES string of the molecule is CCn1c2ccccc2c2c3c(c4c5ccccc5n(CC)c4c21)C(=O)NC3=O. The third kappa shape index (κ3) is 1.80. The molecule has 0 unspecified atom stereocenters. The molecule has 5 nitrogen and oxygen atoms in total. The summed E-state index contributed by atoms with van der Waals surface area (Å²) in [5.41, 5.74) is 5.26. The van der Waals surface area contributed by atoms with Crippen molar-refractivity contribution in [1.82, 2.24) is 14.5 Å². The number of imide groups is 1. The molecule has 5 aromatic rings. The average Bonchev–Trinajstić information content (AvgIpc) is 3.34. The van der Waals surface area contributed by atoms with Gasteiger partial charge in [0.2, 0.25) is 0 Å². The van der Waals surface area contributed by atoms with E-state index in [-0.39, 0.29) is 11.8 Å². The fourth-order valence-corrected chi connectivity index (χ4v) is 5.19. The lowest BCUT2D eigenvalue weighted by Crippen LogP contribution is -2.20. The Balaban J connectivity index is 2.08. The molecule has 142 valence electrons. The molecule has 6 rings (SSSR count). The maximum Gasteiger partial charge on any atom is 0.259 e. The van der Waals surface area contributed by atoms with E-state index >= 15 is 0 Å². The van der Waals surface area contributed by atoms with Crippen LogP contribution in [0.15, 0.2) is 48.5 Å². The summed E-state index contributed by atoms with van der Waals surface area (Å²) in [5.74, 6) is -0.603. The molecule has 5 heteroatoms. The van der Waals surface area contributed by atoms with E-state index in [0.717, 1.165) is 56.7 Å². The Morgan fingerprint density at radius 1 is 0.690 bits per heavy atom. The highest BCUT2D eigenvalue weighted by Crippen LogP contribution is 2.44. The van der Waals surface area contributed by atoms with E-state index in [1.54, 1.807) is 0 Å². The minimum absolute atomic E-state index is 0.302. The van der Waals surface area contributed by atoms with Crippen molar-refractivity contribution in [3.05, 3.63) is 59.7 Å². The number of amides is 2. The molecule has 1 N–H and O–H groups in total. The molecule has 2 amide bonds. The predicted octanol–water partition coefficient (Wildman–Crippen LogP) is 4.83. The minimum Gasteiger partial charge on any atom is -0.339 e. The van der Waals surface area contributed by atoms with E-state index in [2.05, 4.69) is 40.4 Å². The quantitative estimate of drug-likeness (QED) is 0.446. The van der Waals surface area contributed by atoms with Crippen LogP contribution < -0.4 is 5.32 Å². The van der Waals surface area contributed by atoms with Crippen LogP contribution >= 0.6 is 0 Å². The molecular formula is C24H19N3O2. The Hall–Kier alpha value is -3.60. The van der Waals surface area contributed by atoms with Crippen molar-refractivity contribution in [3.63, 3.8) is 0 Å². The number of nitrogens with zero attached hydrogens (tertiary/aromatic N) is 2. The first-order chi connectivity index (χ1) is 14.2. The second kappa shape index (κ2) is 5.47. The van der Waals surface area contributed by atoms with Gasteiger partial charge in [-0.25, -0.2) is 0 Å². The van der Waals surface area contributed by atoms with Crippen LogP contribution in [-0.2, 0) is 13.1 Å². The lowest BCUT2D eigenvalue weighted by atomic mass is 9.96. The number of benzene rings is 3. The second-order valence-corrected chi connectivity index (χ2v) is 7.50. The van der Waals surface area contributed by atoms with Gasteiger partial charge in [-0.2, -0.15) is 0 Å². The van der Waals surface area contributed by atoms with Crippen LogP contribution in [0.1, 0.15) is 34.6 Å². The zero-order chi connectivity index (χ0) is 19.9. The van der Waals surface area contributed by atoms with Crippen molar-refractivity contribution < 1.29 is 9.59 Å². The van der Waals surface area contributed by atoms with Gasteiger partial charge in [0.1, 0.15) is 0 Å². The largest absolute Gasteiger partial charge is 0.339 e. The number of rotatable bonds is 2. The summed E-state index contributed by atoms with van der Waals surface area (Å²) in [6.45, 7) is 5.79. The summed E-state index contributed by atoms with van der Waals surface area (Å²) in [6.07, 6.45) is 0. The van der Waals surface area contributed by atoms with Crippen molar-refractivity contribution in [1.29, 1.82) is 0 Å². The molecule has 0 saturated carbocycles. The number of aromatic nitrogens is 2.